The van der Waals surface area contributed by atoms with E-state index in [1.54, 1.807) is 0 Å². The monoisotopic (exact) mass is 253 g/mol. The molecule has 0 saturated carbocycles. The van der Waals surface area contributed by atoms with Crippen molar-refractivity contribution in [3.05, 3.63) is 54.2 Å². The highest BCUT2D eigenvalue weighted by molar-refractivity contribution is 5.54. The van der Waals surface area contributed by atoms with Crippen molar-refractivity contribution < 1.29 is 0 Å². The first-order chi connectivity index (χ1) is 9.34. The molecule has 0 aliphatic carbocycles. The third kappa shape index (κ3) is 2.55. The quantitative estimate of drug-likeness (QED) is 0.820. The number of para-hydroxylation sites is 1. The molecule has 2 heterocycles. The highest BCUT2D eigenvalue weighted by Gasteiger charge is 2.18. The average Bonchev–Trinajstić information content (AvgIpc) is 2.49. The van der Waals surface area contributed by atoms with Gasteiger partial charge in [-0.05, 0) is 30.7 Å². The Labute approximate surface area is 114 Å². The summed E-state index contributed by atoms with van der Waals surface area (Å²) in [5.41, 5.74) is 2.72. The molecule has 0 spiro atoms. The van der Waals surface area contributed by atoms with Crippen molar-refractivity contribution in [1.82, 2.24) is 4.98 Å². The van der Waals surface area contributed by atoms with Gasteiger partial charge >= 0.3 is 0 Å². The van der Waals surface area contributed by atoms with Crippen molar-refractivity contribution >= 4 is 11.5 Å². The lowest BCUT2D eigenvalue weighted by Gasteiger charge is -2.37. The van der Waals surface area contributed by atoms with Gasteiger partial charge in [0.2, 0.25) is 0 Å². The van der Waals surface area contributed by atoms with Crippen LogP contribution in [0.5, 0.6) is 0 Å². The first-order valence-corrected chi connectivity index (χ1v) is 6.81. The van der Waals surface area contributed by atoms with E-state index in [9.17, 15) is 0 Å². The van der Waals surface area contributed by atoms with Crippen molar-refractivity contribution in [3.8, 4) is 0 Å². The summed E-state index contributed by atoms with van der Waals surface area (Å²) in [5.74, 6) is 1.09. The van der Waals surface area contributed by atoms with E-state index in [1.807, 2.05) is 12.3 Å². The Kier molecular flexibility index (Phi) is 3.36. The van der Waals surface area contributed by atoms with E-state index in [0.29, 0.717) is 0 Å². The zero-order valence-corrected chi connectivity index (χ0v) is 11.3. The highest BCUT2D eigenvalue weighted by Crippen LogP contribution is 2.22. The van der Waals surface area contributed by atoms with Gasteiger partial charge in [-0.15, -0.1) is 0 Å². The summed E-state index contributed by atoms with van der Waals surface area (Å²) in [6.07, 6.45) is 1.86. The smallest absolute Gasteiger partial charge is 0.128 e. The van der Waals surface area contributed by atoms with Crippen LogP contribution in [0.4, 0.5) is 11.5 Å². The van der Waals surface area contributed by atoms with Crippen LogP contribution in [0.25, 0.3) is 0 Å². The Hall–Kier alpha value is -2.03. The van der Waals surface area contributed by atoms with Crippen LogP contribution in [0.2, 0.25) is 0 Å². The fourth-order valence-corrected chi connectivity index (χ4v) is 2.64. The van der Waals surface area contributed by atoms with Crippen molar-refractivity contribution in [1.29, 1.82) is 0 Å². The Morgan fingerprint density at radius 3 is 2.21 bits per heavy atom. The minimum absolute atomic E-state index is 1.03. The molecule has 0 amide bonds. The summed E-state index contributed by atoms with van der Waals surface area (Å²) >= 11 is 0. The van der Waals surface area contributed by atoms with Crippen molar-refractivity contribution in [2.24, 2.45) is 0 Å². The molecule has 1 aliphatic heterocycles. The largest absolute Gasteiger partial charge is 0.368 e. The first kappa shape index (κ1) is 12.0. The number of pyridine rings is 1. The molecular formula is C16H19N3. The predicted octanol–water partition coefficient (Wildman–Crippen LogP) is 2.72. The van der Waals surface area contributed by atoms with E-state index < -0.39 is 0 Å². The van der Waals surface area contributed by atoms with Gasteiger partial charge in [0.15, 0.2) is 0 Å². The minimum atomic E-state index is 1.03. The lowest BCUT2D eigenvalue weighted by Crippen LogP contribution is -2.47. The molecule has 98 valence electrons. The van der Waals surface area contributed by atoms with E-state index in [1.165, 1.54) is 11.3 Å². The number of aryl methyl sites for hydroxylation is 1. The number of benzene rings is 1. The third-order valence-electron chi connectivity index (χ3n) is 3.71. The zero-order valence-electron chi connectivity index (χ0n) is 11.3. The summed E-state index contributed by atoms with van der Waals surface area (Å²) in [5, 5.41) is 0. The topological polar surface area (TPSA) is 19.4 Å². The first-order valence-electron chi connectivity index (χ1n) is 6.81. The van der Waals surface area contributed by atoms with Gasteiger partial charge in [0.1, 0.15) is 5.82 Å². The molecule has 0 atom stereocenters. The molecule has 1 aliphatic rings. The number of hydrogen-bond donors (Lipinski definition) is 0. The summed E-state index contributed by atoms with van der Waals surface area (Å²) in [6, 6.07) is 14.7. The SMILES string of the molecule is Cc1ccccc1N1CCN(c2ccccn2)CC1. The van der Waals surface area contributed by atoms with Crippen LogP contribution >= 0.6 is 0 Å². The number of nitrogens with zero attached hydrogens (tertiary/aromatic N) is 3. The zero-order chi connectivity index (χ0) is 13.1. The van der Waals surface area contributed by atoms with Crippen molar-refractivity contribution in [2.75, 3.05) is 36.0 Å². The molecule has 3 rings (SSSR count). The molecule has 3 nitrogen and oxygen atoms in total. The van der Waals surface area contributed by atoms with Crippen LogP contribution in [0.1, 0.15) is 5.56 Å². The molecule has 1 aromatic heterocycles. The van der Waals surface area contributed by atoms with Gasteiger partial charge in [0.05, 0.1) is 0 Å². The molecule has 0 radical (unpaired) electrons. The number of rotatable bonds is 2. The number of aromatic nitrogens is 1. The van der Waals surface area contributed by atoms with Gasteiger partial charge in [-0.2, -0.15) is 0 Å². The Morgan fingerprint density at radius 2 is 1.53 bits per heavy atom. The van der Waals surface area contributed by atoms with Crippen molar-refractivity contribution in [2.45, 2.75) is 6.92 Å². The van der Waals surface area contributed by atoms with E-state index >= 15 is 0 Å². The summed E-state index contributed by atoms with van der Waals surface area (Å²) < 4.78 is 0. The summed E-state index contributed by atoms with van der Waals surface area (Å²) in [4.78, 5) is 9.25. The van der Waals surface area contributed by atoms with Gasteiger partial charge in [-0.25, -0.2) is 4.98 Å². The van der Waals surface area contributed by atoms with E-state index in [4.69, 9.17) is 0 Å². The maximum absolute atomic E-state index is 4.43. The molecular weight excluding hydrogens is 234 g/mol. The molecule has 1 fully saturated rings. The second kappa shape index (κ2) is 5.31. The number of piperazine rings is 1. The van der Waals surface area contributed by atoms with E-state index in [0.717, 1.165) is 32.0 Å². The van der Waals surface area contributed by atoms with Crippen LogP contribution in [-0.2, 0) is 0 Å². The Morgan fingerprint density at radius 1 is 0.842 bits per heavy atom. The van der Waals surface area contributed by atoms with Gasteiger partial charge in [-0.3, -0.25) is 0 Å². The second-order valence-electron chi connectivity index (χ2n) is 4.95. The van der Waals surface area contributed by atoms with Crippen LogP contribution in [0.15, 0.2) is 48.7 Å². The lowest BCUT2D eigenvalue weighted by molar-refractivity contribution is 0.646. The van der Waals surface area contributed by atoms with Crippen LogP contribution in [0, 0.1) is 6.92 Å². The summed E-state index contributed by atoms with van der Waals surface area (Å²) in [7, 11) is 0. The normalized spacial score (nSPS) is 15.6. The molecule has 19 heavy (non-hydrogen) atoms. The molecule has 0 N–H and O–H groups in total. The Bertz CT molecular complexity index is 531. The standard InChI is InChI=1S/C16H19N3/c1-14-6-2-3-7-15(14)18-10-12-19(13-11-18)16-8-4-5-9-17-16/h2-9H,10-13H2,1H3. The fourth-order valence-electron chi connectivity index (χ4n) is 2.64. The highest BCUT2D eigenvalue weighted by atomic mass is 15.3. The minimum Gasteiger partial charge on any atom is -0.368 e. The van der Waals surface area contributed by atoms with Gasteiger partial charge in [0, 0.05) is 38.1 Å². The predicted molar refractivity (Wildman–Crippen MR) is 79.8 cm³/mol. The lowest BCUT2D eigenvalue weighted by atomic mass is 10.1. The molecule has 2 aromatic rings. The van der Waals surface area contributed by atoms with Crippen LogP contribution in [0.3, 0.4) is 0 Å². The Balaban J connectivity index is 1.69. The average molecular weight is 253 g/mol. The third-order valence-corrected chi connectivity index (χ3v) is 3.71. The molecule has 0 bridgehead atoms. The van der Waals surface area contributed by atoms with Gasteiger partial charge in [0.25, 0.3) is 0 Å². The molecule has 3 heteroatoms. The van der Waals surface area contributed by atoms with E-state index in [2.05, 4.69) is 58.1 Å². The maximum atomic E-state index is 4.43. The fraction of sp³-hybridized carbons (Fsp3) is 0.312. The number of anilines is 2. The second-order valence-corrected chi connectivity index (χ2v) is 4.95. The van der Waals surface area contributed by atoms with E-state index in [-0.39, 0.29) is 0 Å². The van der Waals surface area contributed by atoms with Crippen LogP contribution < -0.4 is 9.80 Å². The van der Waals surface area contributed by atoms with Crippen molar-refractivity contribution in [3.63, 3.8) is 0 Å². The molecule has 1 aromatic carbocycles. The summed E-state index contributed by atoms with van der Waals surface area (Å²) in [6.45, 7) is 6.36. The van der Waals surface area contributed by atoms with Crippen LogP contribution in [-0.4, -0.2) is 31.2 Å². The maximum Gasteiger partial charge on any atom is 0.128 e. The molecule has 0 unspecified atom stereocenters. The molecule has 1 saturated heterocycles. The number of hydrogen-bond acceptors (Lipinski definition) is 3. The van der Waals surface area contributed by atoms with Gasteiger partial charge < -0.3 is 9.80 Å². The van der Waals surface area contributed by atoms with Gasteiger partial charge in [-0.1, -0.05) is 24.3 Å².